The van der Waals surface area contributed by atoms with Gasteiger partial charge in [0.25, 0.3) is 0 Å². The van der Waals surface area contributed by atoms with E-state index in [1.807, 2.05) is 20.8 Å². The first-order chi connectivity index (χ1) is 14.7. The van der Waals surface area contributed by atoms with Gasteiger partial charge in [-0.2, -0.15) is 0 Å². The van der Waals surface area contributed by atoms with Crippen molar-refractivity contribution in [1.29, 1.82) is 0 Å². The molecule has 2 atom stereocenters. The molecule has 0 heterocycles. The van der Waals surface area contributed by atoms with Crippen LogP contribution in [0.4, 0.5) is 0 Å². The Bertz CT molecular complexity index is 569. The van der Waals surface area contributed by atoms with Gasteiger partial charge in [0.15, 0.2) is 5.78 Å². The van der Waals surface area contributed by atoms with Gasteiger partial charge < -0.3 is 16.0 Å². The minimum Gasteiger partial charge on any atom is -0.356 e. The maximum Gasteiger partial charge on any atom is 0.243 e. The van der Waals surface area contributed by atoms with Gasteiger partial charge in [0.1, 0.15) is 6.04 Å². The Hall–Kier alpha value is -0.960. The summed E-state index contributed by atoms with van der Waals surface area (Å²) in [6.07, 6.45) is 5.02. The molecule has 3 N–H and O–H groups in total. The van der Waals surface area contributed by atoms with Crippen molar-refractivity contribution in [3.8, 4) is 0 Å². The zero-order valence-corrected chi connectivity index (χ0v) is 22.4. The summed E-state index contributed by atoms with van der Waals surface area (Å²) in [7, 11) is 0. The number of hydrogen-bond acceptors (Lipinski definition) is 4. The van der Waals surface area contributed by atoms with Gasteiger partial charge in [0.05, 0.1) is 12.0 Å². The molecule has 9 heteroatoms. The maximum absolute atomic E-state index is 12.7. The number of nitrogens with one attached hydrogen (secondary N) is 3. The molecule has 0 saturated carbocycles. The molecule has 0 aromatic rings. The zero-order valence-electron chi connectivity index (χ0n) is 19.3. The summed E-state index contributed by atoms with van der Waals surface area (Å²) in [5.74, 6) is -0.717. The number of amides is 3. The molecule has 0 saturated heterocycles. The van der Waals surface area contributed by atoms with E-state index in [4.69, 9.17) is 0 Å². The molecule has 180 valence electrons. The molecule has 0 aliphatic rings. The van der Waals surface area contributed by atoms with Crippen molar-refractivity contribution in [3.05, 3.63) is 0 Å². The fourth-order valence-electron chi connectivity index (χ4n) is 2.95. The third-order valence-corrected chi connectivity index (χ3v) is 6.61. The van der Waals surface area contributed by atoms with Crippen molar-refractivity contribution < 1.29 is 19.2 Å². The van der Waals surface area contributed by atoms with E-state index in [0.717, 1.165) is 25.7 Å². The number of Topliss-reactive ketones (excluding diaryl/α,β-unsaturated/α-hetero) is 1. The lowest BCUT2D eigenvalue weighted by atomic mass is 10.0. The van der Waals surface area contributed by atoms with Crippen LogP contribution in [0.1, 0.15) is 72.6 Å². The summed E-state index contributed by atoms with van der Waals surface area (Å²) in [5.41, 5.74) is 0. The molecule has 0 unspecified atom stereocenters. The first-order valence-corrected chi connectivity index (χ1v) is 13.4. The summed E-state index contributed by atoms with van der Waals surface area (Å²) in [5, 5.41) is 9.73. The minimum atomic E-state index is -0.666. The normalized spacial score (nSPS) is 13.0. The van der Waals surface area contributed by atoms with Gasteiger partial charge in [-0.15, -0.1) is 0 Å². The van der Waals surface area contributed by atoms with Crippen LogP contribution in [0.3, 0.4) is 0 Å². The molecule has 0 spiro atoms. The standard InChI is InChI=1S/C22H39Br2N3O4/c1-5-6-10-18(16(4)28)26-22(31)20(15(2)3)27-19(29)11-8-7-9-12-25-21(30)17(13-23)14-24/h15,17-18,20H,5-14H2,1-4H3,(H,25,30)(H,26,31)(H,27,29)/t18-,20-/m0/s1. The van der Waals surface area contributed by atoms with Crippen molar-refractivity contribution in [2.24, 2.45) is 11.8 Å². The molecular formula is C22H39Br2N3O4. The molecular weight excluding hydrogens is 530 g/mol. The Morgan fingerprint density at radius 1 is 0.871 bits per heavy atom. The van der Waals surface area contributed by atoms with Crippen LogP contribution in [0, 0.1) is 11.8 Å². The molecule has 0 rings (SSSR count). The van der Waals surface area contributed by atoms with E-state index in [-0.39, 0.29) is 35.3 Å². The highest BCUT2D eigenvalue weighted by Gasteiger charge is 2.27. The molecule has 0 radical (unpaired) electrons. The quantitative estimate of drug-likeness (QED) is 0.184. The van der Waals surface area contributed by atoms with Crippen LogP contribution in [0.2, 0.25) is 0 Å². The number of ketones is 1. The number of carbonyl (C=O) groups excluding carboxylic acids is 4. The van der Waals surface area contributed by atoms with Crippen molar-refractivity contribution in [1.82, 2.24) is 16.0 Å². The smallest absolute Gasteiger partial charge is 0.243 e. The van der Waals surface area contributed by atoms with Gasteiger partial charge in [-0.05, 0) is 32.1 Å². The summed E-state index contributed by atoms with van der Waals surface area (Å²) in [6.45, 7) is 7.84. The average Bonchev–Trinajstić information content (AvgIpc) is 2.71. The Kier molecular flexibility index (Phi) is 17.0. The molecule has 0 aromatic heterocycles. The fourth-order valence-corrected chi connectivity index (χ4v) is 4.61. The van der Waals surface area contributed by atoms with Crippen LogP contribution in [-0.4, -0.2) is 52.8 Å². The van der Waals surface area contributed by atoms with Gasteiger partial charge in [-0.1, -0.05) is 71.9 Å². The van der Waals surface area contributed by atoms with Crippen molar-refractivity contribution in [3.63, 3.8) is 0 Å². The molecule has 0 aromatic carbocycles. The summed E-state index contributed by atoms with van der Waals surface area (Å²) in [4.78, 5) is 48.7. The van der Waals surface area contributed by atoms with Crippen molar-refractivity contribution in [2.75, 3.05) is 17.2 Å². The number of hydrogen-bond donors (Lipinski definition) is 3. The highest BCUT2D eigenvalue weighted by atomic mass is 79.9. The number of carbonyl (C=O) groups is 4. The second-order valence-electron chi connectivity index (χ2n) is 8.21. The second kappa shape index (κ2) is 17.6. The van der Waals surface area contributed by atoms with Gasteiger partial charge in [0.2, 0.25) is 17.7 Å². The highest BCUT2D eigenvalue weighted by Crippen LogP contribution is 2.08. The van der Waals surface area contributed by atoms with E-state index in [9.17, 15) is 19.2 Å². The van der Waals surface area contributed by atoms with Crippen LogP contribution < -0.4 is 16.0 Å². The summed E-state index contributed by atoms with van der Waals surface area (Å²) in [6, 6.07) is -1.17. The van der Waals surface area contributed by atoms with E-state index >= 15 is 0 Å². The minimum absolute atomic E-state index is 0.0140. The van der Waals surface area contributed by atoms with Crippen molar-refractivity contribution >= 4 is 55.4 Å². The first kappa shape index (κ1) is 30.0. The third-order valence-electron chi connectivity index (χ3n) is 5.04. The highest BCUT2D eigenvalue weighted by molar-refractivity contribution is 9.09. The molecule has 0 aliphatic carbocycles. The lowest BCUT2D eigenvalue weighted by Gasteiger charge is -2.24. The van der Waals surface area contributed by atoms with Gasteiger partial charge in [0, 0.05) is 23.6 Å². The topological polar surface area (TPSA) is 104 Å². The molecule has 0 aliphatic heterocycles. The Morgan fingerprint density at radius 3 is 2.03 bits per heavy atom. The van der Waals surface area contributed by atoms with Crippen LogP contribution in [0.25, 0.3) is 0 Å². The van der Waals surface area contributed by atoms with Crippen molar-refractivity contribution in [2.45, 2.75) is 84.7 Å². The Balaban J connectivity index is 4.37. The van der Waals surface area contributed by atoms with Gasteiger partial charge in [-0.25, -0.2) is 0 Å². The zero-order chi connectivity index (χ0) is 23.8. The number of rotatable bonds is 17. The third kappa shape index (κ3) is 13.2. The molecule has 3 amide bonds. The van der Waals surface area contributed by atoms with Crippen LogP contribution >= 0.6 is 31.9 Å². The van der Waals surface area contributed by atoms with E-state index < -0.39 is 12.1 Å². The molecule has 0 fully saturated rings. The maximum atomic E-state index is 12.7. The molecule has 7 nitrogen and oxygen atoms in total. The largest absolute Gasteiger partial charge is 0.356 e. The summed E-state index contributed by atoms with van der Waals surface area (Å²) >= 11 is 6.63. The van der Waals surface area contributed by atoms with E-state index in [2.05, 4.69) is 47.8 Å². The predicted octanol–water partition coefficient (Wildman–Crippen LogP) is 3.47. The monoisotopic (exact) mass is 567 g/mol. The van der Waals surface area contributed by atoms with E-state index in [0.29, 0.717) is 36.5 Å². The molecule has 0 bridgehead atoms. The van der Waals surface area contributed by atoms with Crippen LogP contribution in [0.15, 0.2) is 0 Å². The van der Waals surface area contributed by atoms with Crippen LogP contribution in [0.5, 0.6) is 0 Å². The average molecular weight is 569 g/mol. The number of unbranched alkanes of at least 4 members (excludes halogenated alkanes) is 3. The summed E-state index contributed by atoms with van der Waals surface area (Å²) < 4.78 is 0. The van der Waals surface area contributed by atoms with E-state index in [1.165, 1.54) is 6.92 Å². The first-order valence-electron chi connectivity index (χ1n) is 11.2. The fraction of sp³-hybridized carbons (Fsp3) is 0.818. The SMILES string of the molecule is CCCC[C@H](NC(=O)[C@@H](NC(=O)CCCCCNC(=O)C(CBr)CBr)C(C)C)C(C)=O. The lowest BCUT2D eigenvalue weighted by molar-refractivity contribution is -0.132. The van der Waals surface area contributed by atoms with Gasteiger partial charge >= 0.3 is 0 Å². The van der Waals surface area contributed by atoms with Gasteiger partial charge in [-0.3, -0.25) is 19.2 Å². The lowest BCUT2D eigenvalue weighted by Crippen LogP contribution is -2.53. The Labute approximate surface area is 203 Å². The predicted molar refractivity (Wildman–Crippen MR) is 131 cm³/mol. The molecule has 31 heavy (non-hydrogen) atoms. The number of alkyl halides is 2. The van der Waals surface area contributed by atoms with Crippen LogP contribution in [-0.2, 0) is 19.2 Å². The Morgan fingerprint density at radius 2 is 1.52 bits per heavy atom. The van der Waals surface area contributed by atoms with E-state index in [1.54, 1.807) is 0 Å². The second-order valence-corrected chi connectivity index (χ2v) is 9.51. The number of halogens is 2.